The number of amidine groups is 2. The summed E-state index contributed by atoms with van der Waals surface area (Å²) < 4.78 is 45.3. The Bertz CT molecular complexity index is 1400. The Balaban J connectivity index is 0.000000389. The van der Waals surface area contributed by atoms with Gasteiger partial charge < -0.3 is 15.8 Å². The molecule has 1 aliphatic heterocycles. The minimum atomic E-state index is -0.894. The monoisotopic (exact) mass is 566 g/mol. The average molecular weight is 567 g/mol. The largest absolute Gasteiger partial charge is 0.463 e. The summed E-state index contributed by atoms with van der Waals surface area (Å²) in [6, 6.07) is 8.28. The molecule has 8 nitrogen and oxygen atoms in total. The number of aromatic nitrogens is 2. The smallest absolute Gasteiger partial charge is 0.338 e. The van der Waals surface area contributed by atoms with Crippen LogP contribution in [0.5, 0.6) is 0 Å². The lowest BCUT2D eigenvalue weighted by atomic mass is 9.95. The maximum Gasteiger partial charge on any atom is 0.338 e. The number of allylic oxidation sites excluding steroid dienone is 1. The van der Waals surface area contributed by atoms with Gasteiger partial charge in [0.15, 0.2) is 17.5 Å². The van der Waals surface area contributed by atoms with Crippen LogP contribution in [0.3, 0.4) is 0 Å². The molecule has 13 heteroatoms. The number of nitrogens with one attached hydrogen (secondary N) is 2. The molecule has 0 fully saturated rings. The summed E-state index contributed by atoms with van der Waals surface area (Å²) in [4.78, 5) is 24.5. The molecule has 3 aromatic rings. The van der Waals surface area contributed by atoms with E-state index in [1.165, 1.54) is 48.8 Å². The Hall–Kier alpha value is -3.96. The number of carbonyl (C=O) groups excluding carboxylic acids is 1. The van der Waals surface area contributed by atoms with Crippen molar-refractivity contribution >= 4 is 41.6 Å². The van der Waals surface area contributed by atoms with Crippen LogP contribution in [0.25, 0.3) is 0 Å². The Morgan fingerprint density at radius 3 is 2.34 bits per heavy atom. The van der Waals surface area contributed by atoms with Crippen molar-refractivity contribution in [3.63, 3.8) is 0 Å². The highest BCUT2D eigenvalue weighted by Crippen LogP contribution is 2.36. The first-order valence-corrected chi connectivity index (χ1v) is 11.2. The number of esters is 1. The number of halogens is 5. The molecule has 4 N–H and O–H groups in total. The van der Waals surface area contributed by atoms with Crippen molar-refractivity contribution in [1.29, 1.82) is 5.41 Å². The number of nitrogens with two attached hydrogens (primary N) is 1. The molecular weight excluding hydrogens is 544 g/mol. The summed E-state index contributed by atoms with van der Waals surface area (Å²) in [6.07, 6.45) is 2.82. The van der Waals surface area contributed by atoms with E-state index in [0.29, 0.717) is 11.3 Å². The summed E-state index contributed by atoms with van der Waals surface area (Å²) in [6.45, 7) is 3.50. The number of carbonyl (C=O) groups is 1. The number of hydrogen-bond donors (Lipinski definition) is 3. The van der Waals surface area contributed by atoms with E-state index in [1.54, 1.807) is 13.8 Å². The van der Waals surface area contributed by atoms with Gasteiger partial charge in [0, 0.05) is 28.7 Å². The Morgan fingerprint density at radius 1 is 1.13 bits per heavy atom. The topological polar surface area (TPSA) is 126 Å². The lowest BCUT2D eigenvalue weighted by molar-refractivity contribution is -0.138. The van der Waals surface area contributed by atoms with Crippen molar-refractivity contribution in [1.82, 2.24) is 15.3 Å². The highest BCUT2D eigenvalue weighted by Gasteiger charge is 2.32. The highest BCUT2D eigenvalue weighted by atomic mass is 35.5. The molecule has 3 heterocycles. The van der Waals surface area contributed by atoms with E-state index < -0.39 is 29.5 Å². The van der Waals surface area contributed by atoms with Crippen LogP contribution in [-0.2, 0) is 9.53 Å². The number of nitrogens with zero attached hydrogens (tertiary/aromatic N) is 3. The van der Waals surface area contributed by atoms with E-state index >= 15 is 0 Å². The molecule has 0 aliphatic carbocycles. The Labute approximate surface area is 227 Å². The number of ether oxygens (including phenoxy) is 1. The molecule has 38 heavy (non-hydrogen) atoms. The predicted octanol–water partition coefficient (Wildman–Crippen LogP) is 4.87. The van der Waals surface area contributed by atoms with Gasteiger partial charge in [-0.3, -0.25) is 10.4 Å². The number of pyridine rings is 2. The van der Waals surface area contributed by atoms with Gasteiger partial charge >= 0.3 is 5.97 Å². The second kappa shape index (κ2) is 13.5. The van der Waals surface area contributed by atoms with Gasteiger partial charge in [0.05, 0.1) is 12.2 Å². The Kier molecular flexibility index (Phi) is 10.8. The molecule has 0 radical (unpaired) electrons. The summed E-state index contributed by atoms with van der Waals surface area (Å²) >= 11 is 6.19. The summed E-state index contributed by atoms with van der Waals surface area (Å²) in [5, 5.41) is 9.85. The van der Waals surface area contributed by atoms with Crippen molar-refractivity contribution in [2.75, 3.05) is 6.61 Å². The van der Waals surface area contributed by atoms with Crippen LogP contribution >= 0.6 is 24.0 Å². The molecule has 2 aromatic heterocycles. The zero-order valence-electron chi connectivity index (χ0n) is 20.1. The Morgan fingerprint density at radius 2 is 1.79 bits per heavy atom. The second-order valence-corrected chi connectivity index (χ2v) is 7.92. The maximum absolute atomic E-state index is 14.2. The molecule has 0 bridgehead atoms. The standard InChI is InChI=1S/C19H16ClF2N3O2.C6H6FN3.ClH/c1-3-27-19(26)15-10(2)24-18(17-14(22)5-4-8-23-17)25-16(15)12-7-6-11(21)9-13(12)20;7-4-2-1-3-10-5(4)6(8)9;/h4-9,16H,3H2,1-2H3,(H,24,25);1-3H,(H3,8,9);1H. The van der Waals surface area contributed by atoms with Crippen LogP contribution in [-0.4, -0.2) is 34.2 Å². The quantitative estimate of drug-likeness (QED) is 0.230. The normalized spacial score (nSPS) is 14.3. The van der Waals surface area contributed by atoms with Crippen molar-refractivity contribution in [2.24, 2.45) is 10.7 Å². The molecule has 0 spiro atoms. The van der Waals surface area contributed by atoms with Crippen molar-refractivity contribution in [3.05, 3.63) is 106 Å². The zero-order valence-corrected chi connectivity index (χ0v) is 21.7. The third-order valence-electron chi connectivity index (χ3n) is 4.99. The summed E-state index contributed by atoms with van der Waals surface area (Å²) in [5.41, 5.74) is 5.94. The predicted molar refractivity (Wildman–Crippen MR) is 140 cm³/mol. The molecule has 1 atom stereocenters. The zero-order chi connectivity index (χ0) is 27.1. The highest BCUT2D eigenvalue weighted by molar-refractivity contribution is 6.31. The van der Waals surface area contributed by atoms with E-state index in [0.717, 1.165) is 6.07 Å². The van der Waals surface area contributed by atoms with Crippen LogP contribution in [0.4, 0.5) is 13.2 Å². The van der Waals surface area contributed by atoms with Gasteiger partial charge in [-0.25, -0.2) is 27.9 Å². The number of aliphatic imine (C=N–C) groups is 1. The molecular formula is C25H23Cl2F3N6O2. The molecule has 200 valence electrons. The molecule has 1 unspecified atom stereocenters. The van der Waals surface area contributed by atoms with Gasteiger partial charge in [0.1, 0.15) is 29.1 Å². The van der Waals surface area contributed by atoms with Crippen LogP contribution in [0.2, 0.25) is 5.02 Å². The van der Waals surface area contributed by atoms with Crippen LogP contribution in [0.15, 0.2) is 71.1 Å². The van der Waals surface area contributed by atoms with E-state index in [1.807, 2.05) is 0 Å². The molecule has 4 rings (SSSR count). The van der Waals surface area contributed by atoms with Gasteiger partial charge in [-0.05, 0) is 50.2 Å². The van der Waals surface area contributed by atoms with E-state index in [-0.39, 0.29) is 52.7 Å². The van der Waals surface area contributed by atoms with Gasteiger partial charge in [-0.2, -0.15) is 0 Å². The van der Waals surface area contributed by atoms with Gasteiger partial charge in [0.2, 0.25) is 0 Å². The average Bonchev–Trinajstić information content (AvgIpc) is 2.84. The van der Waals surface area contributed by atoms with Crippen LogP contribution < -0.4 is 11.1 Å². The van der Waals surface area contributed by atoms with Crippen molar-refractivity contribution in [3.8, 4) is 0 Å². The van der Waals surface area contributed by atoms with Crippen LogP contribution in [0, 0.1) is 22.9 Å². The molecule has 0 amide bonds. The SMILES string of the molecule is CCOC(=O)C1=C(C)NC(c2ncccc2F)=NC1c1ccc(F)cc1Cl.Cl.N=C(N)c1ncccc1F. The lowest BCUT2D eigenvalue weighted by Crippen LogP contribution is -2.34. The fraction of sp³-hybridized carbons (Fsp3) is 0.160. The lowest BCUT2D eigenvalue weighted by Gasteiger charge is -2.26. The summed E-state index contributed by atoms with van der Waals surface area (Å²) in [7, 11) is 0. The maximum atomic E-state index is 14.2. The number of benzene rings is 1. The van der Waals surface area contributed by atoms with Gasteiger partial charge in [-0.1, -0.05) is 17.7 Å². The number of hydrogen-bond acceptors (Lipinski definition) is 7. The van der Waals surface area contributed by atoms with Gasteiger partial charge in [-0.15, -0.1) is 12.4 Å². The molecule has 1 aromatic carbocycles. The van der Waals surface area contributed by atoms with E-state index in [9.17, 15) is 18.0 Å². The minimum absolute atomic E-state index is 0. The van der Waals surface area contributed by atoms with E-state index in [4.69, 9.17) is 27.5 Å². The number of nitrogen functional groups attached to an aromatic ring is 1. The first-order valence-electron chi connectivity index (χ1n) is 10.9. The fourth-order valence-electron chi connectivity index (χ4n) is 3.36. The van der Waals surface area contributed by atoms with Crippen molar-refractivity contribution in [2.45, 2.75) is 19.9 Å². The molecule has 0 saturated heterocycles. The molecule has 1 aliphatic rings. The fourth-order valence-corrected chi connectivity index (χ4v) is 3.63. The summed E-state index contributed by atoms with van der Waals surface area (Å²) in [5.74, 6) is -2.44. The number of rotatable bonds is 5. The van der Waals surface area contributed by atoms with Crippen LogP contribution in [0.1, 0.15) is 36.8 Å². The van der Waals surface area contributed by atoms with Crippen molar-refractivity contribution < 1.29 is 22.7 Å². The second-order valence-electron chi connectivity index (χ2n) is 7.51. The third-order valence-corrected chi connectivity index (χ3v) is 5.32. The minimum Gasteiger partial charge on any atom is -0.463 e. The molecule has 0 saturated carbocycles. The first kappa shape index (κ1) is 30.3. The third kappa shape index (κ3) is 7.08. The first-order chi connectivity index (χ1) is 17.6. The van der Waals surface area contributed by atoms with Gasteiger partial charge in [0.25, 0.3) is 0 Å². The van der Waals surface area contributed by atoms with E-state index in [2.05, 4.69) is 20.3 Å².